The van der Waals surface area contributed by atoms with Crippen LogP contribution in [0.4, 0.5) is 0 Å². The molecule has 0 bridgehead atoms. The van der Waals surface area contributed by atoms with E-state index < -0.39 is 0 Å². The number of hydrogen-bond donors (Lipinski definition) is 1. The number of aliphatic hydroxyl groups is 1. The summed E-state index contributed by atoms with van der Waals surface area (Å²) in [5.41, 5.74) is -0.247. The van der Waals surface area contributed by atoms with Crippen molar-refractivity contribution in [1.29, 1.82) is 0 Å². The van der Waals surface area contributed by atoms with E-state index in [1.54, 1.807) is 25.6 Å². The third-order valence-corrected chi connectivity index (χ3v) is 1.98. The number of hydrogen-bond acceptors (Lipinski definition) is 4. The number of aliphatic hydroxyl groups excluding tert-OH is 1. The van der Waals surface area contributed by atoms with Crippen molar-refractivity contribution in [2.45, 2.75) is 13.8 Å². The summed E-state index contributed by atoms with van der Waals surface area (Å²) in [6, 6.07) is 1.76. The highest BCUT2D eigenvalue weighted by Crippen LogP contribution is 2.20. The lowest BCUT2D eigenvalue weighted by Crippen LogP contribution is -2.25. The normalized spacial score (nSPS) is 11.2. The van der Waals surface area contributed by atoms with Gasteiger partial charge >= 0.3 is 0 Å². The lowest BCUT2D eigenvalue weighted by atomic mass is 9.97. The first-order valence-corrected chi connectivity index (χ1v) is 4.80. The molecular weight excluding hydrogens is 194 g/mol. The van der Waals surface area contributed by atoms with Crippen LogP contribution < -0.4 is 9.47 Å². The van der Waals surface area contributed by atoms with E-state index in [-0.39, 0.29) is 12.0 Å². The maximum absolute atomic E-state index is 9.05. The van der Waals surface area contributed by atoms with Crippen LogP contribution in [0, 0.1) is 5.41 Å². The van der Waals surface area contributed by atoms with Gasteiger partial charge in [0.05, 0.1) is 32.7 Å². The Hall–Kier alpha value is -1.29. The molecule has 0 saturated heterocycles. The third kappa shape index (κ3) is 3.75. The van der Waals surface area contributed by atoms with Gasteiger partial charge in [0.25, 0.3) is 0 Å². The molecule has 0 aliphatic rings. The molecule has 4 nitrogen and oxygen atoms in total. The molecule has 1 rings (SSSR count). The van der Waals surface area contributed by atoms with E-state index in [0.717, 1.165) is 0 Å². The molecule has 1 aromatic rings. The molecule has 1 aromatic heterocycles. The second-order valence-corrected chi connectivity index (χ2v) is 4.17. The molecule has 4 heteroatoms. The third-order valence-electron chi connectivity index (χ3n) is 1.98. The van der Waals surface area contributed by atoms with Gasteiger partial charge in [0.1, 0.15) is 11.5 Å². The smallest absolute Gasteiger partial charge is 0.141 e. The van der Waals surface area contributed by atoms with Crippen LogP contribution in [0.1, 0.15) is 13.8 Å². The van der Waals surface area contributed by atoms with Crippen molar-refractivity contribution in [3.63, 3.8) is 0 Å². The Kier molecular flexibility index (Phi) is 3.91. The quantitative estimate of drug-likeness (QED) is 0.801. The van der Waals surface area contributed by atoms with E-state index in [1.807, 2.05) is 13.8 Å². The molecule has 1 N–H and O–H groups in total. The molecular formula is C11H17NO3. The Bertz CT molecular complexity index is 312. The van der Waals surface area contributed by atoms with Gasteiger partial charge in [-0.2, -0.15) is 0 Å². The predicted octanol–water partition coefficient (Wildman–Crippen LogP) is 1.49. The van der Waals surface area contributed by atoms with E-state index >= 15 is 0 Å². The molecule has 1 heterocycles. The maximum atomic E-state index is 9.05. The van der Waals surface area contributed by atoms with Gasteiger partial charge < -0.3 is 14.6 Å². The minimum absolute atomic E-state index is 0.0877. The van der Waals surface area contributed by atoms with Gasteiger partial charge in [0.2, 0.25) is 0 Å². The number of nitrogens with zero attached hydrogens (tertiary/aromatic N) is 1. The lowest BCUT2D eigenvalue weighted by Gasteiger charge is -2.21. The average Bonchev–Trinajstić information content (AvgIpc) is 2.27. The van der Waals surface area contributed by atoms with Crippen LogP contribution >= 0.6 is 0 Å². The van der Waals surface area contributed by atoms with E-state index in [9.17, 15) is 0 Å². The molecule has 0 aliphatic carbocycles. The highest BCUT2D eigenvalue weighted by Gasteiger charge is 2.17. The first-order valence-electron chi connectivity index (χ1n) is 4.80. The maximum Gasteiger partial charge on any atom is 0.141 e. The number of pyridine rings is 1. The summed E-state index contributed by atoms with van der Waals surface area (Å²) in [6.07, 6.45) is 3.24. The van der Waals surface area contributed by atoms with Crippen LogP contribution in [0.25, 0.3) is 0 Å². The minimum Gasteiger partial charge on any atom is -0.495 e. The number of rotatable bonds is 5. The zero-order valence-electron chi connectivity index (χ0n) is 9.36. The molecule has 0 aromatic carbocycles. The molecule has 0 aliphatic heterocycles. The van der Waals surface area contributed by atoms with Crippen LogP contribution in [0.5, 0.6) is 11.5 Å². The molecule has 0 amide bonds. The first-order chi connectivity index (χ1) is 7.07. The van der Waals surface area contributed by atoms with Gasteiger partial charge in [-0.15, -0.1) is 0 Å². The van der Waals surface area contributed by atoms with Crippen molar-refractivity contribution >= 4 is 0 Å². The zero-order valence-corrected chi connectivity index (χ0v) is 9.36. The molecule has 0 fully saturated rings. The number of aromatic nitrogens is 1. The average molecular weight is 211 g/mol. The Balaban J connectivity index is 2.57. The van der Waals surface area contributed by atoms with E-state index in [2.05, 4.69) is 4.98 Å². The fourth-order valence-electron chi connectivity index (χ4n) is 0.914. The summed E-state index contributed by atoms with van der Waals surface area (Å²) in [4.78, 5) is 3.97. The first kappa shape index (κ1) is 11.8. The van der Waals surface area contributed by atoms with Crippen LogP contribution in [-0.4, -0.2) is 30.4 Å². The summed E-state index contributed by atoms with van der Waals surface area (Å²) < 4.78 is 10.5. The van der Waals surface area contributed by atoms with E-state index in [0.29, 0.717) is 18.1 Å². The van der Waals surface area contributed by atoms with Crippen LogP contribution in [0.2, 0.25) is 0 Å². The number of ether oxygens (including phenoxy) is 2. The van der Waals surface area contributed by atoms with Crippen LogP contribution in [0.3, 0.4) is 0 Å². The molecule has 15 heavy (non-hydrogen) atoms. The van der Waals surface area contributed by atoms with Crippen molar-refractivity contribution in [3.05, 3.63) is 18.5 Å². The highest BCUT2D eigenvalue weighted by atomic mass is 16.5. The van der Waals surface area contributed by atoms with Gasteiger partial charge in [0, 0.05) is 11.5 Å². The van der Waals surface area contributed by atoms with Crippen molar-refractivity contribution in [1.82, 2.24) is 4.98 Å². The largest absolute Gasteiger partial charge is 0.495 e. The minimum atomic E-state index is -0.247. The molecule has 0 saturated carbocycles. The van der Waals surface area contributed by atoms with Gasteiger partial charge in [0.15, 0.2) is 0 Å². The van der Waals surface area contributed by atoms with E-state index in [4.69, 9.17) is 14.6 Å². The van der Waals surface area contributed by atoms with Gasteiger partial charge in [-0.25, -0.2) is 0 Å². The topological polar surface area (TPSA) is 51.6 Å². The fraction of sp³-hybridized carbons (Fsp3) is 0.545. The highest BCUT2D eigenvalue weighted by molar-refractivity contribution is 5.28. The van der Waals surface area contributed by atoms with Crippen molar-refractivity contribution in [2.24, 2.45) is 5.41 Å². The second-order valence-electron chi connectivity index (χ2n) is 4.17. The van der Waals surface area contributed by atoms with Crippen LogP contribution in [0.15, 0.2) is 18.5 Å². The SMILES string of the molecule is COc1cncc(OCC(C)(C)CO)c1. The molecule has 0 spiro atoms. The van der Waals surface area contributed by atoms with Crippen LogP contribution in [-0.2, 0) is 0 Å². The number of methoxy groups -OCH3 is 1. The Labute approximate surface area is 89.9 Å². The molecule has 0 radical (unpaired) electrons. The Morgan fingerprint density at radius 3 is 2.60 bits per heavy atom. The van der Waals surface area contributed by atoms with Gasteiger partial charge in [-0.3, -0.25) is 4.98 Å². The molecule has 84 valence electrons. The zero-order chi connectivity index (χ0) is 11.3. The lowest BCUT2D eigenvalue weighted by molar-refractivity contribution is 0.0972. The van der Waals surface area contributed by atoms with E-state index in [1.165, 1.54) is 0 Å². The summed E-state index contributed by atoms with van der Waals surface area (Å²) in [5, 5.41) is 9.05. The molecule has 0 unspecified atom stereocenters. The van der Waals surface area contributed by atoms with Gasteiger partial charge in [-0.1, -0.05) is 13.8 Å². The summed E-state index contributed by atoms with van der Waals surface area (Å²) in [5.74, 6) is 1.31. The summed E-state index contributed by atoms with van der Waals surface area (Å²) >= 11 is 0. The predicted molar refractivity (Wildman–Crippen MR) is 57.2 cm³/mol. The van der Waals surface area contributed by atoms with Gasteiger partial charge in [-0.05, 0) is 0 Å². The fourth-order valence-corrected chi connectivity index (χ4v) is 0.914. The summed E-state index contributed by atoms with van der Waals surface area (Å²) in [6.45, 7) is 4.39. The Morgan fingerprint density at radius 2 is 2.00 bits per heavy atom. The second kappa shape index (κ2) is 4.98. The van der Waals surface area contributed by atoms with Crippen molar-refractivity contribution in [2.75, 3.05) is 20.3 Å². The molecule has 0 atom stereocenters. The Morgan fingerprint density at radius 1 is 1.33 bits per heavy atom. The standard InChI is InChI=1S/C11H17NO3/c1-11(2,7-13)8-15-10-4-9(14-3)5-12-6-10/h4-6,13H,7-8H2,1-3H3. The van der Waals surface area contributed by atoms with Crippen molar-refractivity contribution in [3.8, 4) is 11.5 Å². The van der Waals surface area contributed by atoms with Crippen molar-refractivity contribution < 1.29 is 14.6 Å². The summed E-state index contributed by atoms with van der Waals surface area (Å²) in [7, 11) is 1.58. The monoisotopic (exact) mass is 211 g/mol.